The van der Waals surface area contributed by atoms with Gasteiger partial charge in [-0.2, -0.15) is 5.10 Å². The highest BCUT2D eigenvalue weighted by Gasteiger charge is 2.13. The summed E-state index contributed by atoms with van der Waals surface area (Å²) in [6, 6.07) is 3.66. The van der Waals surface area contributed by atoms with E-state index in [9.17, 15) is 4.79 Å². The molecule has 0 spiro atoms. The number of carbonyl (C=O) groups is 1. The minimum Gasteiger partial charge on any atom is -0.464 e. The quantitative estimate of drug-likeness (QED) is 0.626. The van der Waals surface area contributed by atoms with Crippen LogP contribution in [0.15, 0.2) is 18.5 Å². The first-order chi connectivity index (χ1) is 6.74. The Bertz CT molecular complexity index is 490. The number of rotatable bonds is 1. The molecule has 72 valence electrons. The molecule has 2 heterocycles. The summed E-state index contributed by atoms with van der Waals surface area (Å²) >= 11 is 0. The Morgan fingerprint density at radius 1 is 1.50 bits per heavy atom. The fourth-order valence-electron chi connectivity index (χ4n) is 1.32. The summed E-state index contributed by atoms with van der Waals surface area (Å²) in [4.78, 5) is 15.2. The molecule has 0 N–H and O–H groups in total. The molecule has 0 aliphatic rings. The fraction of sp³-hybridized carbons (Fsp3) is 0.222. The standard InChI is InChI=1S/C9H9N3O2/c1-6-3-4-7-8(9(13)14-2)10-5-11-12(6)7/h3-5H,1-2H3. The lowest BCUT2D eigenvalue weighted by Gasteiger charge is -2.00. The predicted molar refractivity (Wildman–Crippen MR) is 49.1 cm³/mol. The fourth-order valence-corrected chi connectivity index (χ4v) is 1.32. The Kier molecular flexibility index (Phi) is 1.92. The number of hydrogen-bond donors (Lipinski definition) is 0. The summed E-state index contributed by atoms with van der Waals surface area (Å²) in [5, 5.41) is 4.02. The number of ether oxygens (including phenoxy) is 1. The Morgan fingerprint density at radius 2 is 2.29 bits per heavy atom. The topological polar surface area (TPSA) is 56.5 Å². The van der Waals surface area contributed by atoms with Gasteiger partial charge in [0.15, 0.2) is 5.69 Å². The van der Waals surface area contributed by atoms with E-state index in [1.165, 1.54) is 13.4 Å². The minimum atomic E-state index is -0.449. The van der Waals surface area contributed by atoms with Crippen LogP contribution in [-0.2, 0) is 4.74 Å². The lowest BCUT2D eigenvalue weighted by Crippen LogP contribution is -2.08. The third-order valence-electron chi connectivity index (χ3n) is 2.02. The molecular weight excluding hydrogens is 182 g/mol. The molecule has 0 aliphatic carbocycles. The normalized spacial score (nSPS) is 10.4. The van der Waals surface area contributed by atoms with Crippen LogP contribution in [0.5, 0.6) is 0 Å². The molecule has 2 aromatic heterocycles. The monoisotopic (exact) mass is 191 g/mol. The molecular formula is C9H9N3O2. The molecule has 14 heavy (non-hydrogen) atoms. The number of esters is 1. The van der Waals surface area contributed by atoms with Gasteiger partial charge in [-0.25, -0.2) is 14.3 Å². The van der Waals surface area contributed by atoms with Crippen molar-refractivity contribution in [2.24, 2.45) is 0 Å². The molecule has 0 aromatic carbocycles. The highest BCUT2D eigenvalue weighted by Crippen LogP contribution is 2.11. The predicted octanol–water partition coefficient (Wildman–Crippen LogP) is 0.824. The van der Waals surface area contributed by atoms with Gasteiger partial charge < -0.3 is 4.74 Å². The van der Waals surface area contributed by atoms with Crippen LogP contribution in [0, 0.1) is 6.92 Å². The number of nitrogens with zero attached hydrogens (tertiary/aromatic N) is 3. The van der Waals surface area contributed by atoms with Gasteiger partial charge in [0, 0.05) is 5.69 Å². The first kappa shape index (κ1) is 8.68. The average molecular weight is 191 g/mol. The van der Waals surface area contributed by atoms with Gasteiger partial charge >= 0.3 is 5.97 Å². The highest BCUT2D eigenvalue weighted by atomic mass is 16.5. The van der Waals surface area contributed by atoms with Gasteiger partial charge in [-0.3, -0.25) is 0 Å². The zero-order chi connectivity index (χ0) is 10.1. The molecule has 0 amide bonds. The molecule has 2 aromatic rings. The van der Waals surface area contributed by atoms with E-state index in [1.807, 2.05) is 13.0 Å². The molecule has 0 saturated heterocycles. The zero-order valence-electron chi connectivity index (χ0n) is 7.89. The molecule has 5 heteroatoms. The first-order valence-electron chi connectivity index (χ1n) is 4.11. The van der Waals surface area contributed by atoms with Crippen LogP contribution in [0.2, 0.25) is 0 Å². The molecule has 2 rings (SSSR count). The van der Waals surface area contributed by atoms with Crippen molar-refractivity contribution in [2.45, 2.75) is 6.92 Å². The maximum atomic E-state index is 11.3. The molecule has 5 nitrogen and oxygen atoms in total. The third kappa shape index (κ3) is 1.14. The van der Waals surface area contributed by atoms with Crippen LogP contribution < -0.4 is 0 Å². The molecule has 0 unspecified atom stereocenters. The van der Waals surface area contributed by atoms with Crippen LogP contribution >= 0.6 is 0 Å². The van der Waals surface area contributed by atoms with E-state index in [0.717, 1.165) is 5.69 Å². The summed E-state index contributed by atoms with van der Waals surface area (Å²) in [6.45, 7) is 1.90. The van der Waals surface area contributed by atoms with Crippen molar-refractivity contribution in [1.29, 1.82) is 0 Å². The van der Waals surface area contributed by atoms with Crippen LogP contribution in [0.4, 0.5) is 0 Å². The number of aromatic nitrogens is 3. The molecule has 0 atom stereocenters. The summed E-state index contributed by atoms with van der Waals surface area (Å²) in [6.07, 6.45) is 1.34. The van der Waals surface area contributed by atoms with Crippen LogP contribution in [0.1, 0.15) is 16.2 Å². The minimum absolute atomic E-state index is 0.288. The lowest BCUT2D eigenvalue weighted by atomic mass is 10.3. The van der Waals surface area contributed by atoms with E-state index in [0.29, 0.717) is 5.52 Å². The van der Waals surface area contributed by atoms with Crippen molar-refractivity contribution in [3.05, 3.63) is 29.8 Å². The van der Waals surface area contributed by atoms with Crippen molar-refractivity contribution in [1.82, 2.24) is 14.6 Å². The van der Waals surface area contributed by atoms with Gasteiger partial charge in [0.25, 0.3) is 0 Å². The van der Waals surface area contributed by atoms with Gasteiger partial charge in [0.2, 0.25) is 0 Å². The average Bonchev–Trinajstić information content (AvgIpc) is 2.59. The van der Waals surface area contributed by atoms with Gasteiger partial charge in [0.1, 0.15) is 6.33 Å². The van der Waals surface area contributed by atoms with Crippen molar-refractivity contribution >= 4 is 11.5 Å². The van der Waals surface area contributed by atoms with Crippen molar-refractivity contribution in [3.63, 3.8) is 0 Å². The van der Waals surface area contributed by atoms with Gasteiger partial charge in [-0.15, -0.1) is 0 Å². The summed E-state index contributed by atoms with van der Waals surface area (Å²) in [7, 11) is 1.33. The van der Waals surface area contributed by atoms with Crippen molar-refractivity contribution in [3.8, 4) is 0 Å². The van der Waals surface area contributed by atoms with E-state index in [2.05, 4.69) is 14.8 Å². The molecule has 0 fully saturated rings. The maximum absolute atomic E-state index is 11.3. The number of hydrogen-bond acceptors (Lipinski definition) is 4. The second-order valence-electron chi connectivity index (χ2n) is 2.87. The van der Waals surface area contributed by atoms with Crippen molar-refractivity contribution in [2.75, 3.05) is 7.11 Å². The van der Waals surface area contributed by atoms with E-state index >= 15 is 0 Å². The third-order valence-corrected chi connectivity index (χ3v) is 2.02. The summed E-state index contributed by atoms with van der Waals surface area (Å²) < 4.78 is 6.26. The SMILES string of the molecule is COC(=O)c1ncnn2c(C)ccc12. The summed E-state index contributed by atoms with van der Waals surface area (Å²) in [5.41, 5.74) is 1.90. The lowest BCUT2D eigenvalue weighted by molar-refractivity contribution is 0.0595. The van der Waals surface area contributed by atoms with Crippen LogP contribution in [0.3, 0.4) is 0 Å². The molecule has 0 saturated carbocycles. The van der Waals surface area contributed by atoms with E-state index in [1.54, 1.807) is 10.6 Å². The van der Waals surface area contributed by atoms with Crippen LogP contribution in [-0.4, -0.2) is 27.7 Å². The molecule has 0 bridgehead atoms. The highest BCUT2D eigenvalue weighted by molar-refractivity contribution is 5.94. The number of aryl methyl sites for hydroxylation is 1. The zero-order valence-corrected chi connectivity index (χ0v) is 7.89. The van der Waals surface area contributed by atoms with Gasteiger partial charge in [0.05, 0.1) is 12.6 Å². The van der Waals surface area contributed by atoms with Gasteiger partial charge in [-0.1, -0.05) is 0 Å². The van der Waals surface area contributed by atoms with Crippen molar-refractivity contribution < 1.29 is 9.53 Å². The maximum Gasteiger partial charge on any atom is 0.358 e. The summed E-state index contributed by atoms with van der Waals surface area (Å²) in [5.74, 6) is -0.449. The van der Waals surface area contributed by atoms with E-state index in [-0.39, 0.29) is 5.69 Å². The van der Waals surface area contributed by atoms with Crippen LogP contribution in [0.25, 0.3) is 5.52 Å². The number of methoxy groups -OCH3 is 1. The Morgan fingerprint density at radius 3 is 3.00 bits per heavy atom. The van der Waals surface area contributed by atoms with Gasteiger partial charge in [-0.05, 0) is 19.1 Å². The Balaban J connectivity index is 2.71. The second-order valence-corrected chi connectivity index (χ2v) is 2.87. The number of carbonyl (C=O) groups excluding carboxylic acids is 1. The van der Waals surface area contributed by atoms with E-state index in [4.69, 9.17) is 0 Å². The van der Waals surface area contributed by atoms with E-state index < -0.39 is 5.97 Å². The molecule has 0 aliphatic heterocycles. The Hall–Kier alpha value is -1.91. The largest absolute Gasteiger partial charge is 0.464 e. The Labute approximate surface area is 80.3 Å². The molecule has 0 radical (unpaired) electrons. The smallest absolute Gasteiger partial charge is 0.358 e. The number of fused-ring (bicyclic) bond motifs is 1. The first-order valence-corrected chi connectivity index (χ1v) is 4.11. The second kappa shape index (κ2) is 3.10.